The predicted octanol–water partition coefficient (Wildman–Crippen LogP) is 1.73. The maximum absolute atomic E-state index is 9.08. The van der Waals surface area contributed by atoms with Crippen LogP contribution in [0, 0.1) is 25.2 Å². The number of aryl methyl sites for hydroxylation is 2. The number of hydrogen-bond acceptors (Lipinski definition) is 5. The molecule has 0 amide bonds. The summed E-state index contributed by atoms with van der Waals surface area (Å²) in [7, 11) is 0. The fourth-order valence-electron chi connectivity index (χ4n) is 1.99. The van der Waals surface area contributed by atoms with E-state index in [1.807, 2.05) is 38.1 Å². The molecule has 6 heteroatoms. The van der Waals surface area contributed by atoms with Gasteiger partial charge in [0.15, 0.2) is 5.69 Å². The smallest absolute Gasteiger partial charge is 0.189 e. The Labute approximate surface area is 123 Å². The highest BCUT2D eigenvalue weighted by Crippen LogP contribution is 2.22. The molecular formula is C15H18N4O2. The molecule has 21 heavy (non-hydrogen) atoms. The van der Waals surface area contributed by atoms with Gasteiger partial charge in [0.25, 0.3) is 0 Å². The highest BCUT2D eigenvalue weighted by molar-refractivity contribution is 5.38. The Morgan fingerprint density at radius 2 is 2.19 bits per heavy atom. The lowest BCUT2D eigenvalue weighted by Gasteiger charge is -2.11. The number of aromatic nitrogens is 3. The third-order valence-electron chi connectivity index (χ3n) is 3.39. The van der Waals surface area contributed by atoms with Gasteiger partial charge in [0, 0.05) is 13.2 Å². The van der Waals surface area contributed by atoms with Crippen LogP contribution >= 0.6 is 0 Å². The van der Waals surface area contributed by atoms with Gasteiger partial charge in [0.05, 0.1) is 0 Å². The van der Waals surface area contributed by atoms with Crippen molar-refractivity contribution in [2.24, 2.45) is 0 Å². The number of nitrogens with zero attached hydrogens (tertiary/aromatic N) is 4. The van der Waals surface area contributed by atoms with Crippen molar-refractivity contribution in [1.82, 2.24) is 15.0 Å². The van der Waals surface area contributed by atoms with Gasteiger partial charge in [-0.1, -0.05) is 17.3 Å². The Hall–Kier alpha value is -2.39. The summed E-state index contributed by atoms with van der Waals surface area (Å²) in [5, 5.41) is 25.7. The minimum absolute atomic E-state index is 0.0685. The molecule has 1 heterocycles. The molecule has 0 saturated carbocycles. The predicted molar refractivity (Wildman–Crippen MR) is 76.7 cm³/mol. The van der Waals surface area contributed by atoms with E-state index in [1.54, 1.807) is 4.68 Å². The molecule has 0 unspecified atom stereocenters. The Balaban J connectivity index is 2.17. The van der Waals surface area contributed by atoms with Crippen LogP contribution in [0.4, 0.5) is 0 Å². The van der Waals surface area contributed by atoms with E-state index >= 15 is 0 Å². The van der Waals surface area contributed by atoms with Crippen molar-refractivity contribution in [3.8, 4) is 11.8 Å². The van der Waals surface area contributed by atoms with Crippen molar-refractivity contribution >= 4 is 0 Å². The molecule has 0 aliphatic carbocycles. The maximum atomic E-state index is 9.08. The Kier molecular flexibility index (Phi) is 4.90. The van der Waals surface area contributed by atoms with E-state index in [2.05, 4.69) is 10.3 Å². The normalized spacial score (nSPS) is 10.4. The lowest BCUT2D eigenvalue weighted by atomic mass is 10.1. The van der Waals surface area contributed by atoms with Crippen LogP contribution in [0.5, 0.6) is 5.75 Å². The quantitative estimate of drug-likeness (QED) is 0.874. The van der Waals surface area contributed by atoms with Crippen LogP contribution in [-0.2, 0) is 13.2 Å². The second-order valence-corrected chi connectivity index (χ2v) is 4.78. The summed E-state index contributed by atoms with van der Waals surface area (Å²) >= 11 is 0. The molecule has 0 bridgehead atoms. The van der Waals surface area contributed by atoms with Gasteiger partial charge in [-0.15, -0.1) is 5.10 Å². The molecule has 2 aromatic rings. The number of aliphatic hydroxyl groups is 1. The van der Waals surface area contributed by atoms with E-state index in [1.165, 1.54) is 0 Å². The van der Waals surface area contributed by atoms with Crippen molar-refractivity contribution in [3.63, 3.8) is 0 Å². The van der Waals surface area contributed by atoms with Gasteiger partial charge >= 0.3 is 0 Å². The summed E-state index contributed by atoms with van der Waals surface area (Å²) < 4.78 is 7.42. The van der Waals surface area contributed by atoms with Crippen LogP contribution in [0.25, 0.3) is 0 Å². The van der Waals surface area contributed by atoms with Gasteiger partial charge in [-0.3, -0.25) is 0 Å². The minimum atomic E-state index is 0.0685. The number of ether oxygens (including phenoxy) is 1. The summed E-state index contributed by atoms with van der Waals surface area (Å²) in [5.41, 5.74) is 3.12. The zero-order chi connectivity index (χ0) is 15.2. The number of rotatable bonds is 6. The zero-order valence-corrected chi connectivity index (χ0v) is 12.2. The molecule has 6 nitrogen and oxygen atoms in total. The summed E-state index contributed by atoms with van der Waals surface area (Å²) in [6.07, 6.45) is 0.560. The van der Waals surface area contributed by atoms with E-state index in [9.17, 15) is 0 Å². The first-order chi connectivity index (χ1) is 10.2. The number of aliphatic hydroxyl groups excluding tert-OH is 1. The highest BCUT2D eigenvalue weighted by atomic mass is 16.5. The van der Waals surface area contributed by atoms with Crippen molar-refractivity contribution < 1.29 is 9.84 Å². The lowest BCUT2D eigenvalue weighted by Crippen LogP contribution is -2.10. The van der Waals surface area contributed by atoms with Crippen molar-refractivity contribution in [2.45, 2.75) is 33.4 Å². The molecule has 0 aliphatic heterocycles. The average Bonchev–Trinajstić information content (AvgIpc) is 2.88. The molecule has 0 aliphatic rings. The van der Waals surface area contributed by atoms with E-state index in [-0.39, 0.29) is 18.9 Å². The van der Waals surface area contributed by atoms with Crippen LogP contribution < -0.4 is 4.74 Å². The van der Waals surface area contributed by atoms with Crippen LogP contribution in [0.3, 0.4) is 0 Å². The van der Waals surface area contributed by atoms with Gasteiger partial charge in [-0.25, -0.2) is 4.68 Å². The summed E-state index contributed by atoms with van der Waals surface area (Å²) in [5.74, 6) is 0.786. The van der Waals surface area contributed by atoms with Crippen molar-refractivity contribution in [3.05, 3.63) is 40.7 Å². The first-order valence-corrected chi connectivity index (χ1v) is 6.79. The second-order valence-electron chi connectivity index (χ2n) is 4.78. The van der Waals surface area contributed by atoms with E-state index in [0.29, 0.717) is 18.7 Å². The zero-order valence-electron chi connectivity index (χ0n) is 12.2. The fraction of sp³-hybridized carbons (Fsp3) is 0.400. The maximum Gasteiger partial charge on any atom is 0.189 e. The van der Waals surface area contributed by atoms with Crippen molar-refractivity contribution in [1.29, 1.82) is 5.26 Å². The summed E-state index contributed by atoms with van der Waals surface area (Å²) in [6.45, 7) is 4.83. The van der Waals surface area contributed by atoms with E-state index in [4.69, 9.17) is 15.1 Å². The van der Waals surface area contributed by atoms with Gasteiger partial charge in [0.2, 0.25) is 0 Å². The second kappa shape index (κ2) is 6.86. The molecule has 1 aromatic heterocycles. The molecule has 2 rings (SSSR count). The molecule has 1 aromatic carbocycles. The van der Waals surface area contributed by atoms with E-state index in [0.717, 1.165) is 16.9 Å². The van der Waals surface area contributed by atoms with E-state index < -0.39 is 0 Å². The minimum Gasteiger partial charge on any atom is -0.487 e. The van der Waals surface area contributed by atoms with Crippen LogP contribution in [0.1, 0.15) is 28.9 Å². The average molecular weight is 286 g/mol. The number of benzene rings is 1. The molecule has 110 valence electrons. The number of hydrogen-bond donors (Lipinski definition) is 1. The van der Waals surface area contributed by atoms with Crippen molar-refractivity contribution in [2.75, 3.05) is 6.61 Å². The largest absolute Gasteiger partial charge is 0.487 e. The van der Waals surface area contributed by atoms with Gasteiger partial charge in [-0.2, -0.15) is 5.26 Å². The monoisotopic (exact) mass is 286 g/mol. The first kappa shape index (κ1) is 15.0. The number of nitriles is 1. The fourth-order valence-corrected chi connectivity index (χ4v) is 1.99. The Morgan fingerprint density at radius 1 is 1.38 bits per heavy atom. The molecule has 0 radical (unpaired) electrons. The first-order valence-electron chi connectivity index (χ1n) is 6.79. The molecule has 0 fully saturated rings. The third-order valence-corrected chi connectivity index (χ3v) is 3.39. The standard InChI is InChI=1S/C15H18N4O2/c1-11-5-3-6-15(12(11)2)21-10-14-13(9-16)17-18-19(14)7-4-8-20/h3,5-6,20H,4,7-8,10H2,1-2H3. The van der Waals surface area contributed by atoms with Gasteiger partial charge < -0.3 is 9.84 Å². The Bertz CT molecular complexity index is 658. The SMILES string of the molecule is Cc1cccc(OCc2c(C#N)nnn2CCCO)c1C. The van der Waals surface area contributed by atoms with Gasteiger partial charge in [-0.05, 0) is 37.5 Å². The van der Waals surface area contributed by atoms with Crippen LogP contribution in [0.15, 0.2) is 18.2 Å². The third kappa shape index (κ3) is 3.38. The molecular weight excluding hydrogens is 268 g/mol. The molecule has 0 spiro atoms. The lowest BCUT2D eigenvalue weighted by molar-refractivity contribution is 0.264. The highest BCUT2D eigenvalue weighted by Gasteiger charge is 2.13. The molecule has 0 atom stereocenters. The topological polar surface area (TPSA) is 84.0 Å². The summed E-state index contributed by atoms with van der Waals surface area (Å²) in [4.78, 5) is 0. The van der Waals surface area contributed by atoms with Crippen LogP contribution in [-0.4, -0.2) is 26.7 Å². The molecule has 0 saturated heterocycles. The molecule has 1 N–H and O–H groups in total. The van der Waals surface area contributed by atoms with Gasteiger partial charge in [0.1, 0.15) is 24.1 Å². The summed E-state index contributed by atoms with van der Waals surface area (Å²) in [6, 6.07) is 7.88. The Morgan fingerprint density at radius 3 is 2.90 bits per heavy atom. The van der Waals surface area contributed by atoms with Crippen LogP contribution in [0.2, 0.25) is 0 Å².